The number of carbonyl (C=O) groups excluding carboxylic acids is 4. The van der Waals surface area contributed by atoms with Crippen LogP contribution in [0.15, 0.2) is 0 Å². The zero-order chi connectivity index (χ0) is 70.9. The van der Waals surface area contributed by atoms with Gasteiger partial charge >= 0.3 is 39.5 Å². The predicted octanol–water partition coefficient (Wildman–Crippen LogP) is 22.6. The van der Waals surface area contributed by atoms with Crippen LogP contribution in [0.4, 0.5) is 0 Å². The summed E-state index contributed by atoms with van der Waals surface area (Å²) in [5.41, 5.74) is 0. The Balaban J connectivity index is 5.23. The molecule has 0 radical (unpaired) electrons. The van der Waals surface area contributed by atoms with Gasteiger partial charge in [-0.25, -0.2) is 9.13 Å². The van der Waals surface area contributed by atoms with E-state index in [1.165, 1.54) is 205 Å². The summed E-state index contributed by atoms with van der Waals surface area (Å²) in [7, 11) is -9.91. The van der Waals surface area contributed by atoms with Crippen LogP contribution >= 0.6 is 15.6 Å². The molecule has 0 saturated heterocycles. The van der Waals surface area contributed by atoms with Crippen LogP contribution in [0.25, 0.3) is 0 Å². The summed E-state index contributed by atoms with van der Waals surface area (Å²) >= 11 is 0. The second kappa shape index (κ2) is 67.5. The Morgan fingerprint density at radius 2 is 0.531 bits per heavy atom. The van der Waals surface area contributed by atoms with Crippen LogP contribution in [0.1, 0.15) is 395 Å². The van der Waals surface area contributed by atoms with Gasteiger partial charge in [0.05, 0.1) is 26.4 Å². The Hall–Kier alpha value is -1.94. The number of ether oxygens (including phenoxy) is 4. The van der Waals surface area contributed by atoms with Crippen molar-refractivity contribution in [2.45, 2.75) is 414 Å². The molecule has 0 saturated carbocycles. The molecular formula is C77H150O17P2. The predicted molar refractivity (Wildman–Crippen MR) is 391 cm³/mol. The highest BCUT2D eigenvalue weighted by Crippen LogP contribution is 2.45. The van der Waals surface area contributed by atoms with Crippen molar-refractivity contribution in [3.05, 3.63) is 0 Å². The number of aliphatic hydroxyl groups excluding tert-OH is 1. The highest BCUT2D eigenvalue weighted by molar-refractivity contribution is 7.47. The maximum absolute atomic E-state index is 13.1. The normalized spacial score (nSPS) is 14.6. The third-order valence-electron chi connectivity index (χ3n) is 18.6. The standard InChI is InChI=1S/C77H150O17P2/c1-8-11-12-13-14-27-37-44-51-58-74(79)87-64-73(94-77(82)61-54-47-40-33-32-36-43-50-57-70(7)10-3)67-92-96(85,86)90-63-71(78)62-89-95(83,84)91-66-72(65-88-75(80)59-52-45-38-30-25-21-17-15-19-23-28-34-41-48-55-68(4)5)93-76(81)60-53-46-39-31-26-22-18-16-20-24-29-35-42-49-56-69(6)9-2/h68-73,78H,8-67H2,1-7H3,(H,83,84)(H,85,86)/t69?,70?,71-,72-,73-/m1/s1. The summed E-state index contributed by atoms with van der Waals surface area (Å²) in [5, 5.41) is 10.6. The van der Waals surface area contributed by atoms with Crippen molar-refractivity contribution in [3.63, 3.8) is 0 Å². The van der Waals surface area contributed by atoms with Crippen LogP contribution in [0.2, 0.25) is 0 Å². The van der Waals surface area contributed by atoms with Crippen molar-refractivity contribution in [2.75, 3.05) is 39.6 Å². The van der Waals surface area contributed by atoms with Crippen molar-refractivity contribution in [1.82, 2.24) is 0 Å². The third kappa shape index (κ3) is 67.9. The van der Waals surface area contributed by atoms with Gasteiger partial charge in [0.25, 0.3) is 0 Å². The van der Waals surface area contributed by atoms with Crippen LogP contribution in [0, 0.1) is 17.8 Å². The molecule has 4 unspecified atom stereocenters. The van der Waals surface area contributed by atoms with E-state index in [0.29, 0.717) is 25.7 Å². The van der Waals surface area contributed by atoms with Gasteiger partial charge in [-0.05, 0) is 43.4 Å². The minimum Gasteiger partial charge on any atom is -0.462 e. The van der Waals surface area contributed by atoms with E-state index in [-0.39, 0.29) is 25.7 Å². The summed E-state index contributed by atoms with van der Waals surface area (Å²) in [4.78, 5) is 72.8. The molecule has 0 bridgehead atoms. The van der Waals surface area contributed by atoms with Gasteiger partial charge in [0, 0.05) is 25.7 Å². The number of hydrogen-bond donors (Lipinski definition) is 3. The first kappa shape index (κ1) is 94.1. The van der Waals surface area contributed by atoms with Crippen molar-refractivity contribution in [2.24, 2.45) is 17.8 Å². The average Bonchev–Trinajstić information content (AvgIpc) is 1.43. The Morgan fingerprint density at radius 1 is 0.302 bits per heavy atom. The van der Waals surface area contributed by atoms with Gasteiger partial charge in [-0.15, -0.1) is 0 Å². The van der Waals surface area contributed by atoms with E-state index in [0.717, 1.165) is 108 Å². The molecule has 96 heavy (non-hydrogen) atoms. The third-order valence-corrected chi connectivity index (χ3v) is 20.5. The van der Waals surface area contributed by atoms with Crippen LogP contribution in [0.3, 0.4) is 0 Å². The average molecular weight is 1410 g/mol. The molecule has 7 atom stereocenters. The molecule has 570 valence electrons. The molecule has 0 spiro atoms. The number of phosphoric ester groups is 2. The molecule has 0 amide bonds. The van der Waals surface area contributed by atoms with Crippen molar-refractivity contribution >= 4 is 39.5 Å². The zero-order valence-electron chi connectivity index (χ0n) is 62.8. The maximum Gasteiger partial charge on any atom is 0.472 e. The second-order valence-corrected chi connectivity index (χ2v) is 31.6. The minimum absolute atomic E-state index is 0.105. The molecule has 19 heteroatoms. The number of hydrogen-bond acceptors (Lipinski definition) is 15. The van der Waals surface area contributed by atoms with E-state index in [4.69, 9.17) is 37.0 Å². The van der Waals surface area contributed by atoms with E-state index >= 15 is 0 Å². The Morgan fingerprint density at radius 3 is 0.792 bits per heavy atom. The molecular weight excluding hydrogens is 1260 g/mol. The largest absolute Gasteiger partial charge is 0.472 e. The lowest BCUT2D eigenvalue weighted by Gasteiger charge is -2.21. The summed E-state index contributed by atoms with van der Waals surface area (Å²) in [6.45, 7) is 12.0. The number of rotatable bonds is 75. The number of unbranched alkanes of at least 4 members (excludes halogenated alkanes) is 41. The van der Waals surface area contributed by atoms with E-state index in [2.05, 4.69) is 48.5 Å². The fraction of sp³-hybridized carbons (Fsp3) is 0.948. The first-order valence-corrected chi connectivity index (χ1v) is 42.9. The van der Waals surface area contributed by atoms with Crippen molar-refractivity contribution < 1.29 is 80.2 Å². The number of esters is 4. The minimum atomic E-state index is -4.96. The first-order chi connectivity index (χ1) is 46.3. The number of phosphoric acid groups is 2. The molecule has 0 aliphatic heterocycles. The molecule has 17 nitrogen and oxygen atoms in total. The topological polar surface area (TPSA) is 237 Å². The fourth-order valence-electron chi connectivity index (χ4n) is 11.7. The monoisotopic (exact) mass is 1410 g/mol. The first-order valence-electron chi connectivity index (χ1n) is 39.9. The van der Waals surface area contributed by atoms with Gasteiger partial charge in [-0.2, -0.15) is 0 Å². The molecule has 0 aliphatic carbocycles. The van der Waals surface area contributed by atoms with Crippen LogP contribution in [0.5, 0.6) is 0 Å². The number of aliphatic hydroxyl groups is 1. The quantitative estimate of drug-likeness (QED) is 0.0222. The van der Waals surface area contributed by atoms with Crippen LogP contribution in [-0.2, 0) is 65.4 Å². The van der Waals surface area contributed by atoms with Gasteiger partial charge < -0.3 is 33.8 Å². The van der Waals surface area contributed by atoms with E-state index < -0.39 is 97.5 Å². The van der Waals surface area contributed by atoms with Crippen LogP contribution in [-0.4, -0.2) is 96.7 Å². The summed E-state index contributed by atoms with van der Waals surface area (Å²) < 4.78 is 68.5. The van der Waals surface area contributed by atoms with E-state index in [1.807, 2.05) is 0 Å². The highest BCUT2D eigenvalue weighted by atomic mass is 31.2. The lowest BCUT2D eigenvalue weighted by molar-refractivity contribution is -0.161. The Kier molecular flexibility index (Phi) is 66.2. The fourth-order valence-corrected chi connectivity index (χ4v) is 13.3. The number of carbonyl (C=O) groups is 4. The van der Waals surface area contributed by atoms with E-state index in [1.54, 1.807) is 0 Å². The Bertz CT molecular complexity index is 1870. The molecule has 0 aromatic heterocycles. The summed E-state index contributed by atoms with van der Waals surface area (Å²) in [6.07, 6.45) is 54.0. The molecule has 0 fully saturated rings. The van der Waals surface area contributed by atoms with Gasteiger partial charge in [0.2, 0.25) is 0 Å². The van der Waals surface area contributed by atoms with Crippen molar-refractivity contribution in [3.8, 4) is 0 Å². The lowest BCUT2D eigenvalue weighted by Crippen LogP contribution is -2.30. The highest BCUT2D eigenvalue weighted by Gasteiger charge is 2.30. The maximum atomic E-state index is 13.1. The van der Waals surface area contributed by atoms with E-state index in [9.17, 15) is 43.2 Å². The van der Waals surface area contributed by atoms with Crippen molar-refractivity contribution in [1.29, 1.82) is 0 Å². The van der Waals surface area contributed by atoms with Gasteiger partial charge in [0.15, 0.2) is 12.2 Å². The molecule has 0 aromatic rings. The van der Waals surface area contributed by atoms with Gasteiger partial charge in [-0.1, -0.05) is 344 Å². The second-order valence-electron chi connectivity index (χ2n) is 28.7. The van der Waals surface area contributed by atoms with Gasteiger partial charge in [0.1, 0.15) is 19.3 Å². The smallest absolute Gasteiger partial charge is 0.462 e. The lowest BCUT2D eigenvalue weighted by atomic mass is 9.99. The molecule has 0 rings (SSSR count). The zero-order valence-corrected chi connectivity index (χ0v) is 64.6. The van der Waals surface area contributed by atoms with Crippen LogP contribution < -0.4 is 0 Å². The summed E-state index contributed by atoms with van der Waals surface area (Å²) in [5.74, 6) is 0.297. The van der Waals surface area contributed by atoms with Gasteiger partial charge in [-0.3, -0.25) is 37.3 Å². The SMILES string of the molecule is CCCCCCCCCCCC(=O)OC[C@H](COP(=O)(O)OC[C@H](O)COP(=O)(O)OC[C@@H](COC(=O)CCCCCCCCCCCCCCCCC(C)C)OC(=O)CCCCCCCCCCCCCCCCC(C)CC)OC(=O)CCCCCCCCCCC(C)CC. The summed E-state index contributed by atoms with van der Waals surface area (Å²) in [6, 6.07) is 0. The molecule has 0 aliphatic rings. The molecule has 3 N–H and O–H groups in total. The Labute approximate surface area is 588 Å². The molecule has 0 heterocycles. The molecule has 0 aromatic carbocycles.